The van der Waals surface area contributed by atoms with Crippen molar-refractivity contribution in [1.82, 2.24) is 0 Å². The van der Waals surface area contributed by atoms with Crippen LogP contribution in [0, 0.1) is 0 Å². The fourth-order valence-electron chi connectivity index (χ4n) is 6.74. The first-order valence-corrected chi connectivity index (χ1v) is 46.1. The fraction of sp³-hybridized carbons (Fsp3) is 1.00. The van der Waals surface area contributed by atoms with E-state index in [1.807, 2.05) is 0 Å². The topological polar surface area (TPSA) is 184 Å². The molecule has 4 unspecified atom stereocenters. The second kappa shape index (κ2) is 63.8. The molecule has 430 valence electrons. The third kappa shape index (κ3) is 68.7. The third-order valence-corrected chi connectivity index (χ3v) is 39.3. The van der Waals surface area contributed by atoms with Crippen LogP contribution in [-0.2, 0) is 152 Å². The zero-order chi connectivity index (χ0) is 52.6. The average molecular weight is 1480 g/mol. The van der Waals surface area contributed by atoms with Gasteiger partial charge in [-0.3, -0.25) is 0 Å². The van der Waals surface area contributed by atoms with Gasteiger partial charge in [0.05, 0.1) is 0 Å². The van der Waals surface area contributed by atoms with Crippen molar-refractivity contribution < 1.29 is 102 Å². The maximum Gasteiger partial charge on any atom is 4.00 e. The van der Waals surface area contributed by atoms with E-state index >= 15 is 0 Å². The standard InChI is InChI=1S/4C12H26O2PS2.3Mo/c4*1-3-5-7-8-9-10-12-17(11-6-4-2)15(13,14)16;;;/h4*3-12H2,1-2H3;;;/q4*-3;3*+4. The predicted octanol–water partition coefficient (Wildman–Crippen LogP) is 10.8. The Hall–Kier alpha value is 6.26. The molecule has 0 bridgehead atoms. The van der Waals surface area contributed by atoms with Crippen molar-refractivity contribution in [3.05, 3.63) is 0 Å². The first-order valence-electron chi connectivity index (χ1n) is 26.9. The molecule has 0 aromatic rings. The summed E-state index contributed by atoms with van der Waals surface area (Å²) in [5, 5.41) is 0. The normalized spacial score (nSPS) is 13.4. The number of rotatable bonds is 40. The van der Waals surface area contributed by atoms with Crippen molar-refractivity contribution in [2.45, 2.75) is 261 Å². The molecule has 0 amide bonds. The maximum atomic E-state index is 11.5. The maximum absolute atomic E-state index is 11.5. The molecule has 0 aromatic carbocycles. The summed E-state index contributed by atoms with van der Waals surface area (Å²) in [5.41, 5.74) is -14.0. The molecular formula is C48H104Mo3O8P4S8. The fourth-order valence-corrected chi connectivity index (χ4v) is 27.8. The third-order valence-electron chi connectivity index (χ3n) is 11.1. The summed E-state index contributed by atoms with van der Waals surface area (Å²) >= 11 is 18.6. The van der Waals surface area contributed by atoms with E-state index in [0.717, 1.165) is 149 Å². The predicted molar refractivity (Wildman–Crippen MR) is 319 cm³/mol. The van der Waals surface area contributed by atoms with E-state index < -0.39 is 63.1 Å². The molecule has 0 rings (SSSR count). The molecule has 0 saturated heterocycles. The molecule has 0 heterocycles. The second-order valence-electron chi connectivity index (χ2n) is 17.8. The van der Waals surface area contributed by atoms with Gasteiger partial charge in [0.25, 0.3) is 0 Å². The van der Waals surface area contributed by atoms with Gasteiger partial charge in [-0.15, -0.1) is 0 Å². The Morgan fingerprint density at radius 1 is 0.211 bits per heavy atom. The van der Waals surface area contributed by atoms with Gasteiger partial charge in [-0.1, -0.05) is 209 Å². The van der Waals surface area contributed by atoms with Crippen LogP contribution in [0.15, 0.2) is 0 Å². The summed E-state index contributed by atoms with van der Waals surface area (Å²) < 4.78 is 0. The van der Waals surface area contributed by atoms with Crippen LogP contribution in [0.1, 0.15) is 261 Å². The summed E-state index contributed by atoms with van der Waals surface area (Å²) in [4.78, 5) is 91.7. The van der Waals surface area contributed by atoms with Crippen molar-refractivity contribution in [1.29, 1.82) is 0 Å². The van der Waals surface area contributed by atoms with Crippen molar-refractivity contribution in [3.63, 3.8) is 0 Å². The molecule has 0 aliphatic heterocycles. The minimum atomic E-state index is -3.51. The van der Waals surface area contributed by atoms with Gasteiger partial charge in [0.2, 0.25) is 0 Å². The first-order chi connectivity index (χ1) is 32.1. The van der Waals surface area contributed by atoms with Crippen LogP contribution in [-0.4, -0.2) is 46.0 Å². The van der Waals surface area contributed by atoms with E-state index in [-0.39, 0.29) is 63.2 Å². The molecule has 0 spiro atoms. The number of unbranched alkanes of at least 4 members (excludes halogenated alkanes) is 24. The van der Waals surface area contributed by atoms with Crippen LogP contribution in [0.4, 0.5) is 0 Å². The number of hydrogen-bond acceptors (Lipinski definition) is 12. The molecule has 0 N–H and O–H groups in total. The molecule has 0 aliphatic carbocycles. The minimum absolute atomic E-state index is 0. The largest absolute Gasteiger partial charge is 4.00 e. The SMILES string of the molecule is CCCCCCCCS(CCCC)=P([O-])([O-])[S-].CCCCCCCCS(CCCC)=P([O-])([O-])[S-].CCCCCCCCS(CCCC)=P([O-])([O-])[S-].CCCCCCCCS(CCCC)=P([O-])([O-])[S-].[Mo+4].[Mo+4].[Mo+4]. The van der Waals surface area contributed by atoms with Crippen molar-refractivity contribution in [2.24, 2.45) is 0 Å². The van der Waals surface area contributed by atoms with Gasteiger partial charge in [0, 0.05) is 0 Å². The van der Waals surface area contributed by atoms with Crippen LogP contribution in [0.25, 0.3) is 0 Å². The molecule has 0 saturated carbocycles. The molecule has 23 heteroatoms. The molecular weight excluding hydrogens is 1370 g/mol. The Bertz CT molecular complexity index is 1140. The molecule has 0 radical (unpaired) electrons. The monoisotopic (exact) mass is 1480 g/mol. The van der Waals surface area contributed by atoms with Gasteiger partial charge in [-0.2, -0.15) is 0 Å². The van der Waals surface area contributed by atoms with Crippen LogP contribution < -0.4 is 39.1 Å². The molecule has 0 aliphatic rings. The molecule has 8 nitrogen and oxygen atoms in total. The van der Waals surface area contributed by atoms with Crippen molar-refractivity contribution in [2.75, 3.05) is 46.0 Å². The van der Waals surface area contributed by atoms with Gasteiger partial charge < -0.3 is 111 Å². The van der Waals surface area contributed by atoms with E-state index in [1.54, 1.807) is 0 Å². The summed E-state index contributed by atoms with van der Waals surface area (Å²) in [6.07, 6.45) is 37.1. The first kappa shape index (κ1) is 91.0. The van der Waals surface area contributed by atoms with Gasteiger partial charge in [-0.05, 0) is 97.4 Å². The summed E-state index contributed by atoms with van der Waals surface area (Å²) in [5.74, 6) is 6.36. The zero-order valence-corrected chi connectivity index (χ0v) is 62.0. The Morgan fingerprint density at radius 3 is 0.451 bits per heavy atom. The summed E-state index contributed by atoms with van der Waals surface area (Å²) in [6.45, 7) is 17.2. The quantitative estimate of drug-likeness (QED) is 0.0245. The van der Waals surface area contributed by atoms with Crippen LogP contribution in [0.2, 0.25) is 0 Å². The Balaban J connectivity index is -0.000000152. The van der Waals surface area contributed by atoms with Gasteiger partial charge in [-0.25, -0.2) is 40.3 Å². The molecule has 71 heavy (non-hydrogen) atoms. The average Bonchev–Trinajstić information content (AvgIpc) is 3.26. The second-order valence-corrected chi connectivity index (χ2v) is 48.8. The Kier molecular flexibility index (Phi) is 81.8. The number of hydrogen-bond donors (Lipinski definition) is 0. The van der Waals surface area contributed by atoms with Crippen molar-refractivity contribution >= 4 is 112 Å². The molecule has 0 aromatic heterocycles. The van der Waals surface area contributed by atoms with E-state index in [2.05, 4.69) is 104 Å². The molecule has 0 fully saturated rings. The van der Waals surface area contributed by atoms with E-state index in [0.29, 0.717) is 0 Å². The Morgan fingerprint density at radius 2 is 0.324 bits per heavy atom. The summed E-state index contributed by atoms with van der Waals surface area (Å²) in [7, 11) is -2.14. The van der Waals surface area contributed by atoms with Gasteiger partial charge in [0.1, 0.15) is 0 Å². The minimum Gasteiger partial charge on any atom is -0.854 e. The van der Waals surface area contributed by atoms with Crippen LogP contribution in [0.5, 0.6) is 0 Å². The van der Waals surface area contributed by atoms with Crippen molar-refractivity contribution in [3.8, 4) is 0 Å². The zero-order valence-electron chi connectivity index (χ0n) is 45.8. The van der Waals surface area contributed by atoms with E-state index in [9.17, 15) is 39.1 Å². The molecule has 4 atom stereocenters. The van der Waals surface area contributed by atoms with E-state index in [4.69, 9.17) is 0 Å². The summed E-state index contributed by atoms with van der Waals surface area (Å²) in [6, 6.07) is 0. The van der Waals surface area contributed by atoms with Gasteiger partial charge >= 0.3 is 63.2 Å². The smallest absolute Gasteiger partial charge is 0.854 e. The van der Waals surface area contributed by atoms with E-state index in [1.165, 1.54) is 103 Å². The van der Waals surface area contributed by atoms with Crippen LogP contribution in [0.3, 0.4) is 0 Å². The Labute approximate surface area is 515 Å². The van der Waals surface area contributed by atoms with Gasteiger partial charge in [0.15, 0.2) is 0 Å². The van der Waals surface area contributed by atoms with Crippen LogP contribution >= 0.6 is 22.8 Å².